The molecule has 0 atom stereocenters. The number of benzene rings is 1. The fourth-order valence-corrected chi connectivity index (χ4v) is 5.29. The summed E-state index contributed by atoms with van der Waals surface area (Å²) in [6, 6.07) is 10.2. The summed E-state index contributed by atoms with van der Waals surface area (Å²) in [5, 5.41) is 2.04. The molecule has 0 radical (unpaired) electrons. The molecule has 3 aromatic rings. The van der Waals surface area contributed by atoms with E-state index in [1.807, 2.05) is 27.9 Å². The minimum absolute atomic E-state index is 0.190. The van der Waals surface area contributed by atoms with Crippen LogP contribution in [0.5, 0.6) is 11.5 Å². The first kappa shape index (κ1) is 18.6. The molecule has 1 fully saturated rings. The lowest BCUT2D eigenvalue weighted by Gasteiger charge is -2.34. The van der Waals surface area contributed by atoms with Gasteiger partial charge in [0.25, 0.3) is 0 Å². The Hall–Kier alpha value is -2.42. The number of carbonyl (C=O) groups is 1. The van der Waals surface area contributed by atoms with Crippen LogP contribution in [-0.4, -0.2) is 53.7 Å². The van der Waals surface area contributed by atoms with Crippen molar-refractivity contribution in [1.29, 1.82) is 0 Å². The number of hydrogen-bond acceptors (Lipinski definition) is 7. The minimum atomic E-state index is 0.190. The van der Waals surface area contributed by atoms with Gasteiger partial charge in [-0.25, -0.2) is 4.98 Å². The highest BCUT2D eigenvalue weighted by Gasteiger charge is 2.23. The van der Waals surface area contributed by atoms with Crippen molar-refractivity contribution in [3.05, 3.63) is 51.7 Å². The molecule has 150 valence electrons. The van der Waals surface area contributed by atoms with E-state index in [4.69, 9.17) is 9.47 Å². The molecule has 1 amide bonds. The Morgan fingerprint density at radius 3 is 2.76 bits per heavy atom. The second-order valence-corrected chi connectivity index (χ2v) is 9.01. The zero-order valence-corrected chi connectivity index (χ0v) is 17.5. The molecule has 2 aliphatic rings. The lowest BCUT2D eigenvalue weighted by Crippen LogP contribution is -2.48. The van der Waals surface area contributed by atoms with Gasteiger partial charge in [0.1, 0.15) is 0 Å². The normalized spacial score (nSPS) is 16.3. The quantitative estimate of drug-likeness (QED) is 0.624. The van der Waals surface area contributed by atoms with Crippen molar-refractivity contribution in [2.75, 3.05) is 33.0 Å². The highest BCUT2D eigenvalue weighted by atomic mass is 32.1. The van der Waals surface area contributed by atoms with Crippen LogP contribution >= 0.6 is 22.7 Å². The predicted molar refractivity (Wildman–Crippen MR) is 114 cm³/mol. The molecule has 0 bridgehead atoms. The van der Waals surface area contributed by atoms with Gasteiger partial charge in [-0.3, -0.25) is 9.69 Å². The average molecular weight is 428 g/mol. The van der Waals surface area contributed by atoms with Crippen molar-refractivity contribution in [3.63, 3.8) is 0 Å². The summed E-state index contributed by atoms with van der Waals surface area (Å²) in [4.78, 5) is 23.9. The number of nitrogens with zero attached hydrogens (tertiary/aromatic N) is 3. The number of aromatic nitrogens is 1. The summed E-state index contributed by atoms with van der Waals surface area (Å²) in [6.45, 7) is 4.43. The number of ether oxygens (including phenoxy) is 2. The Bertz CT molecular complexity index is 995. The van der Waals surface area contributed by atoms with Gasteiger partial charge in [-0.2, -0.15) is 0 Å². The van der Waals surface area contributed by atoms with E-state index in [1.165, 1.54) is 5.56 Å². The third-order valence-corrected chi connectivity index (χ3v) is 6.99. The SMILES string of the molecule is O=C(Cc1scnc1-c1cccs1)N1CCN(Cc2ccc3c(c2)OCO3)CC1. The summed E-state index contributed by atoms with van der Waals surface area (Å²) < 4.78 is 10.8. The number of thiophene rings is 1. The van der Waals surface area contributed by atoms with Crippen molar-refractivity contribution in [1.82, 2.24) is 14.8 Å². The molecule has 5 rings (SSSR count). The average Bonchev–Trinajstić information content (AvgIpc) is 3.49. The molecule has 29 heavy (non-hydrogen) atoms. The summed E-state index contributed by atoms with van der Waals surface area (Å²) in [5.74, 6) is 1.83. The van der Waals surface area contributed by atoms with E-state index >= 15 is 0 Å². The molecule has 2 aromatic heterocycles. The van der Waals surface area contributed by atoms with Crippen molar-refractivity contribution in [3.8, 4) is 22.1 Å². The van der Waals surface area contributed by atoms with Crippen molar-refractivity contribution in [2.24, 2.45) is 0 Å². The fraction of sp³-hybridized carbons (Fsp3) is 0.333. The van der Waals surface area contributed by atoms with E-state index in [0.29, 0.717) is 13.2 Å². The number of piperazine rings is 1. The van der Waals surface area contributed by atoms with E-state index in [0.717, 1.165) is 59.7 Å². The van der Waals surface area contributed by atoms with Gasteiger partial charge < -0.3 is 14.4 Å². The Balaban J connectivity index is 1.16. The third-order valence-electron chi connectivity index (χ3n) is 5.28. The van der Waals surface area contributed by atoms with Gasteiger partial charge in [0, 0.05) is 37.6 Å². The van der Waals surface area contributed by atoms with Crippen LogP contribution in [0.4, 0.5) is 0 Å². The van der Waals surface area contributed by atoms with Gasteiger partial charge in [-0.05, 0) is 29.1 Å². The number of rotatable bonds is 5. The van der Waals surface area contributed by atoms with Gasteiger partial charge in [0.15, 0.2) is 11.5 Å². The zero-order valence-electron chi connectivity index (χ0n) is 15.9. The van der Waals surface area contributed by atoms with Crippen LogP contribution in [0, 0.1) is 0 Å². The van der Waals surface area contributed by atoms with E-state index < -0.39 is 0 Å². The fourth-order valence-electron chi connectivity index (χ4n) is 3.71. The molecule has 2 aliphatic heterocycles. The first-order valence-corrected chi connectivity index (χ1v) is 11.4. The smallest absolute Gasteiger partial charge is 0.231 e. The molecule has 0 saturated carbocycles. The molecule has 8 heteroatoms. The van der Waals surface area contributed by atoms with Crippen LogP contribution in [0.25, 0.3) is 10.6 Å². The molecular weight excluding hydrogens is 406 g/mol. The van der Waals surface area contributed by atoms with Crippen molar-refractivity contribution < 1.29 is 14.3 Å². The number of amides is 1. The first-order valence-electron chi connectivity index (χ1n) is 9.61. The van der Waals surface area contributed by atoms with Crippen molar-refractivity contribution >= 4 is 28.6 Å². The Morgan fingerprint density at radius 1 is 1.07 bits per heavy atom. The highest BCUT2D eigenvalue weighted by molar-refractivity contribution is 7.14. The third kappa shape index (κ3) is 4.01. The van der Waals surface area contributed by atoms with Crippen LogP contribution in [-0.2, 0) is 17.8 Å². The second-order valence-electron chi connectivity index (χ2n) is 7.12. The van der Waals surface area contributed by atoms with E-state index in [1.54, 1.807) is 22.7 Å². The van der Waals surface area contributed by atoms with Gasteiger partial charge in [0.05, 0.1) is 22.5 Å². The van der Waals surface area contributed by atoms with Crippen LogP contribution in [0.3, 0.4) is 0 Å². The topological polar surface area (TPSA) is 54.9 Å². The van der Waals surface area contributed by atoms with Gasteiger partial charge in [-0.15, -0.1) is 22.7 Å². The lowest BCUT2D eigenvalue weighted by atomic mass is 10.1. The molecule has 1 aromatic carbocycles. The molecule has 0 spiro atoms. The van der Waals surface area contributed by atoms with Crippen LogP contribution < -0.4 is 9.47 Å². The molecule has 4 heterocycles. The standard InChI is InChI=1S/C21H21N3O3S2/c25-20(11-19-21(22-13-29-19)18-2-1-9-28-18)24-7-5-23(6-8-24)12-15-3-4-16-17(10-15)27-14-26-16/h1-4,9-10,13H,5-8,11-12,14H2. The molecular formula is C21H21N3O3S2. The molecule has 1 saturated heterocycles. The zero-order chi connectivity index (χ0) is 19.6. The molecule has 0 unspecified atom stereocenters. The first-order chi connectivity index (χ1) is 14.3. The number of carbonyl (C=O) groups excluding carboxylic acids is 1. The monoisotopic (exact) mass is 427 g/mol. The predicted octanol–water partition coefficient (Wildman–Crippen LogP) is 3.49. The minimum Gasteiger partial charge on any atom is -0.454 e. The second kappa shape index (κ2) is 8.14. The summed E-state index contributed by atoms with van der Waals surface area (Å²) in [7, 11) is 0. The highest BCUT2D eigenvalue weighted by Crippen LogP contribution is 2.33. The molecule has 0 N–H and O–H groups in total. The largest absolute Gasteiger partial charge is 0.454 e. The number of hydrogen-bond donors (Lipinski definition) is 0. The summed E-state index contributed by atoms with van der Waals surface area (Å²) >= 11 is 3.23. The van der Waals surface area contributed by atoms with Crippen LogP contribution in [0.1, 0.15) is 10.4 Å². The molecule has 6 nitrogen and oxygen atoms in total. The number of thiazole rings is 1. The van der Waals surface area contributed by atoms with E-state index in [-0.39, 0.29) is 5.91 Å². The lowest BCUT2D eigenvalue weighted by molar-refractivity contribution is -0.132. The Kier molecular flexibility index (Phi) is 5.22. The maximum Gasteiger partial charge on any atom is 0.231 e. The Morgan fingerprint density at radius 2 is 1.93 bits per heavy atom. The van der Waals surface area contributed by atoms with Gasteiger partial charge >= 0.3 is 0 Å². The maximum absolute atomic E-state index is 12.8. The summed E-state index contributed by atoms with van der Waals surface area (Å²) in [6.07, 6.45) is 0.431. The van der Waals surface area contributed by atoms with Gasteiger partial charge in [0.2, 0.25) is 12.7 Å². The van der Waals surface area contributed by atoms with Crippen LogP contribution in [0.15, 0.2) is 41.2 Å². The van der Waals surface area contributed by atoms with E-state index in [2.05, 4.69) is 28.1 Å². The van der Waals surface area contributed by atoms with Crippen LogP contribution in [0.2, 0.25) is 0 Å². The molecule has 0 aliphatic carbocycles. The number of fused-ring (bicyclic) bond motifs is 1. The Labute approximate surface area is 177 Å². The van der Waals surface area contributed by atoms with Gasteiger partial charge in [-0.1, -0.05) is 12.1 Å². The summed E-state index contributed by atoms with van der Waals surface area (Å²) in [5.41, 5.74) is 4.00. The maximum atomic E-state index is 12.8. The van der Waals surface area contributed by atoms with E-state index in [9.17, 15) is 4.79 Å². The van der Waals surface area contributed by atoms with Crippen molar-refractivity contribution in [2.45, 2.75) is 13.0 Å².